The van der Waals surface area contributed by atoms with Gasteiger partial charge >= 0.3 is 6.18 Å². The molecule has 4 N–H and O–H groups in total. The van der Waals surface area contributed by atoms with E-state index in [2.05, 4.69) is 26.8 Å². The highest BCUT2D eigenvalue weighted by molar-refractivity contribution is 5.56. The number of aryl methyl sites for hydroxylation is 1. The van der Waals surface area contributed by atoms with Gasteiger partial charge in [-0.15, -0.1) is 0 Å². The van der Waals surface area contributed by atoms with Gasteiger partial charge in [-0.2, -0.15) is 18.2 Å². The van der Waals surface area contributed by atoms with Crippen LogP contribution >= 0.6 is 0 Å². The summed E-state index contributed by atoms with van der Waals surface area (Å²) in [7, 11) is 0. The molecule has 0 atom stereocenters. The van der Waals surface area contributed by atoms with Crippen LogP contribution in [0.15, 0.2) is 18.3 Å². The van der Waals surface area contributed by atoms with Crippen LogP contribution < -0.4 is 11.5 Å². The van der Waals surface area contributed by atoms with Gasteiger partial charge in [-0.3, -0.25) is 4.98 Å². The maximum absolute atomic E-state index is 12.6. The molecule has 2 aromatic rings. The number of anilines is 2. The third-order valence-corrected chi connectivity index (χ3v) is 3.41. The van der Waals surface area contributed by atoms with Gasteiger partial charge in [-0.25, -0.2) is 4.98 Å². The summed E-state index contributed by atoms with van der Waals surface area (Å²) in [5, 5.41) is 0. The number of hydrogen-bond donors (Lipinski definition) is 2. The molecule has 0 fully saturated rings. The lowest BCUT2D eigenvalue weighted by atomic mass is 9.86. The SMILES string of the molecule is Cc1nc(N)nc(N)c1C#CC(C)(C)c1ccc(C(F)(F)F)nc1. The second-order valence-corrected chi connectivity index (χ2v) is 5.73. The van der Waals surface area contributed by atoms with Crippen molar-refractivity contribution in [1.29, 1.82) is 0 Å². The summed E-state index contributed by atoms with van der Waals surface area (Å²) < 4.78 is 37.7. The summed E-state index contributed by atoms with van der Waals surface area (Å²) >= 11 is 0. The Morgan fingerprint density at radius 2 is 1.75 bits per heavy atom. The van der Waals surface area contributed by atoms with Gasteiger partial charge in [0, 0.05) is 6.20 Å². The standard InChI is InChI=1S/C16H16F3N5/c1-9-11(13(20)24-14(21)23-9)6-7-15(2,3)10-4-5-12(22-8-10)16(17,18)19/h4-5,8H,1-3H3,(H4,20,21,23,24). The second-order valence-electron chi connectivity index (χ2n) is 5.73. The molecule has 5 nitrogen and oxygen atoms in total. The predicted octanol–water partition coefficient (Wildman–Crippen LogP) is 2.69. The number of halogens is 3. The molecular weight excluding hydrogens is 319 g/mol. The molecule has 0 aliphatic carbocycles. The van der Waals surface area contributed by atoms with Crippen molar-refractivity contribution < 1.29 is 13.2 Å². The molecule has 2 heterocycles. The van der Waals surface area contributed by atoms with E-state index in [4.69, 9.17) is 11.5 Å². The van der Waals surface area contributed by atoms with E-state index in [1.54, 1.807) is 20.8 Å². The van der Waals surface area contributed by atoms with Crippen molar-refractivity contribution in [2.75, 3.05) is 11.5 Å². The zero-order valence-corrected chi connectivity index (χ0v) is 13.4. The molecular formula is C16H16F3N5. The number of rotatable bonds is 1. The second kappa shape index (κ2) is 6.00. The molecule has 2 aromatic heterocycles. The Hall–Kier alpha value is -2.82. The van der Waals surface area contributed by atoms with Crippen LogP contribution in [0.3, 0.4) is 0 Å². The number of aromatic nitrogens is 3. The molecule has 0 spiro atoms. The highest BCUT2D eigenvalue weighted by Gasteiger charge is 2.32. The first-order chi connectivity index (χ1) is 11.0. The van der Waals surface area contributed by atoms with Crippen LogP contribution in [0.4, 0.5) is 24.9 Å². The van der Waals surface area contributed by atoms with Crippen LogP contribution in [-0.2, 0) is 11.6 Å². The molecule has 0 aliphatic rings. The van der Waals surface area contributed by atoms with Crippen LogP contribution in [0, 0.1) is 18.8 Å². The van der Waals surface area contributed by atoms with E-state index in [0.29, 0.717) is 16.8 Å². The first-order valence-electron chi connectivity index (χ1n) is 6.97. The molecule has 0 unspecified atom stereocenters. The highest BCUT2D eigenvalue weighted by atomic mass is 19.4. The Bertz CT molecular complexity index is 791. The molecule has 0 aromatic carbocycles. The summed E-state index contributed by atoms with van der Waals surface area (Å²) in [4.78, 5) is 11.3. The maximum Gasteiger partial charge on any atom is 0.433 e. The van der Waals surface area contributed by atoms with Gasteiger partial charge in [0.25, 0.3) is 0 Å². The Morgan fingerprint density at radius 1 is 1.08 bits per heavy atom. The first-order valence-corrected chi connectivity index (χ1v) is 6.97. The van der Waals surface area contributed by atoms with E-state index in [1.165, 1.54) is 12.3 Å². The van der Waals surface area contributed by atoms with E-state index >= 15 is 0 Å². The largest absolute Gasteiger partial charge is 0.433 e. The fourth-order valence-corrected chi connectivity index (χ4v) is 1.99. The quantitative estimate of drug-likeness (QED) is 0.782. The topological polar surface area (TPSA) is 90.7 Å². The number of hydrogen-bond acceptors (Lipinski definition) is 5. The van der Waals surface area contributed by atoms with Crippen molar-refractivity contribution in [2.45, 2.75) is 32.4 Å². The zero-order valence-electron chi connectivity index (χ0n) is 13.4. The fourth-order valence-electron chi connectivity index (χ4n) is 1.99. The summed E-state index contributed by atoms with van der Waals surface area (Å²) in [6, 6.07) is 2.30. The zero-order chi connectivity index (χ0) is 18.1. The van der Waals surface area contributed by atoms with Gasteiger partial charge in [0.05, 0.1) is 16.7 Å². The Labute approximate surface area is 137 Å². The minimum atomic E-state index is -4.47. The molecule has 24 heavy (non-hydrogen) atoms. The molecule has 0 saturated carbocycles. The third kappa shape index (κ3) is 3.74. The molecule has 126 valence electrons. The number of nitrogen functional groups attached to an aromatic ring is 2. The lowest BCUT2D eigenvalue weighted by Gasteiger charge is -2.18. The van der Waals surface area contributed by atoms with Crippen LogP contribution in [0.2, 0.25) is 0 Å². The van der Waals surface area contributed by atoms with Crippen molar-refractivity contribution in [3.63, 3.8) is 0 Å². The van der Waals surface area contributed by atoms with Crippen molar-refractivity contribution in [2.24, 2.45) is 0 Å². The van der Waals surface area contributed by atoms with Gasteiger partial charge in [0.2, 0.25) is 5.95 Å². The Balaban J connectivity index is 2.36. The minimum absolute atomic E-state index is 0.0572. The molecule has 0 radical (unpaired) electrons. The van der Waals surface area contributed by atoms with E-state index in [-0.39, 0.29) is 11.8 Å². The first kappa shape index (κ1) is 17.5. The average Bonchev–Trinajstić information content (AvgIpc) is 2.45. The summed E-state index contributed by atoms with van der Waals surface area (Å²) in [6.45, 7) is 5.24. The highest BCUT2D eigenvalue weighted by Crippen LogP contribution is 2.29. The smallest absolute Gasteiger partial charge is 0.382 e. The number of nitrogens with zero attached hydrogens (tertiary/aromatic N) is 3. The minimum Gasteiger partial charge on any atom is -0.382 e. The lowest BCUT2D eigenvalue weighted by molar-refractivity contribution is -0.141. The molecule has 8 heteroatoms. The van der Waals surface area contributed by atoms with Crippen molar-refractivity contribution in [3.05, 3.63) is 40.8 Å². The van der Waals surface area contributed by atoms with E-state index in [9.17, 15) is 13.2 Å². The third-order valence-electron chi connectivity index (χ3n) is 3.41. The molecule has 0 bridgehead atoms. The van der Waals surface area contributed by atoms with Crippen LogP contribution in [-0.4, -0.2) is 15.0 Å². The van der Waals surface area contributed by atoms with Crippen LogP contribution in [0.25, 0.3) is 0 Å². The summed E-state index contributed by atoms with van der Waals surface area (Å²) in [6.07, 6.45) is -3.30. The van der Waals surface area contributed by atoms with E-state index < -0.39 is 17.3 Å². The monoisotopic (exact) mass is 335 g/mol. The van der Waals surface area contributed by atoms with Crippen molar-refractivity contribution in [3.8, 4) is 11.8 Å². The van der Waals surface area contributed by atoms with Crippen LogP contribution in [0.5, 0.6) is 0 Å². The molecule has 0 amide bonds. The van der Waals surface area contributed by atoms with Crippen molar-refractivity contribution in [1.82, 2.24) is 15.0 Å². The maximum atomic E-state index is 12.6. The van der Waals surface area contributed by atoms with Gasteiger partial charge in [0.1, 0.15) is 11.5 Å². The number of pyridine rings is 1. The Morgan fingerprint density at radius 3 is 2.25 bits per heavy atom. The van der Waals surface area contributed by atoms with Gasteiger partial charge < -0.3 is 11.5 Å². The van der Waals surface area contributed by atoms with Crippen LogP contribution in [0.1, 0.15) is 36.4 Å². The molecule has 0 saturated heterocycles. The summed E-state index contributed by atoms with van der Waals surface area (Å²) in [5.41, 5.74) is 11.1. The van der Waals surface area contributed by atoms with Gasteiger partial charge in [0.15, 0.2) is 0 Å². The van der Waals surface area contributed by atoms with Gasteiger partial charge in [-0.05, 0) is 32.4 Å². The summed E-state index contributed by atoms with van der Waals surface area (Å²) in [5.74, 6) is 6.08. The molecule has 0 aliphatic heterocycles. The average molecular weight is 335 g/mol. The molecule has 2 rings (SSSR count). The lowest BCUT2D eigenvalue weighted by Crippen LogP contribution is -2.16. The Kier molecular flexibility index (Phi) is 4.38. The number of nitrogens with two attached hydrogens (primary N) is 2. The van der Waals surface area contributed by atoms with Gasteiger partial charge in [-0.1, -0.05) is 17.9 Å². The van der Waals surface area contributed by atoms with Crippen molar-refractivity contribution >= 4 is 11.8 Å². The van der Waals surface area contributed by atoms with E-state index in [1.807, 2.05) is 0 Å². The fraction of sp³-hybridized carbons (Fsp3) is 0.312. The number of alkyl halides is 3. The van der Waals surface area contributed by atoms with E-state index in [0.717, 1.165) is 6.07 Å². The predicted molar refractivity (Wildman–Crippen MR) is 84.7 cm³/mol. The normalized spacial score (nSPS) is 11.8.